The van der Waals surface area contributed by atoms with E-state index in [-0.39, 0.29) is 24.2 Å². The van der Waals surface area contributed by atoms with Crippen LogP contribution in [0.1, 0.15) is 28.2 Å². The lowest BCUT2D eigenvalue weighted by Crippen LogP contribution is -2.43. The Morgan fingerprint density at radius 3 is 3.12 bits per heavy atom. The van der Waals surface area contributed by atoms with Gasteiger partial charge in [-0.1, -0.05) is 12.1 Å². The first-order chi connectivity index (χ1) is 11.8. The third-order valence-corrected chi connectivity index (χ3v) is 5.50. The molecule has 2 aromatic rings. The third kappa shape index (κ3) is 3.09. The Bertz CT molecular complexity index is 677. The fourth-order valence-corrected chi connectivity index (χ4v) is 4.19. The zero-order valence-electron chi connectivity index (χ0n) is 13.3. The molecule has 5 nitrogen and oxygen atoms in total. The number of hydrogen-bond acceptors (Lipinski definition) is 5. The molecule has 24 heavy (non-hydrogen) atoms. The Hall–Kier alpha value is -1.76. The van der Waals surface area contributed by atoms with Crippen LogP contribution in [0, 0.1) is 0 Å². The smallest absolute Gasteiger partial charge is 0.264 e. The number of aromatic nitrogens is 1. The number of hydrogen-bond donors (Lipinski definition) is 0. The van der Waals surface area contributed by atoms with E-state index >= 15 is 0 Å². The molecule has 0 unspecified atom stereocenters. The summed E-state index contributed by atoms with van der Waals surface area (Å²) in [7, 11) is 0. The summed E-state index contributed by atoms with van der Waals surface area (Å²) in [5, 5.41) is 1.94. The molecule has 4 heterocycles. The van der Waals surface area contributed by atoms with E-state index in [9.17, 15) is 4.79 Å². The molecular weight excluding hydrogens is 324 g/mol. The number of likely N-dealkylation sites (tertiary alicyclic amines) is 1. The minimum atomic E-state index is -0.0961. The van der Waals surface area contributed by atoms with Crippen molar-refractivity contribution in [2.24, 2.45) is 0 Å². The van der Waals surface area contributed by atoms with Gasteiger partial charge in [-0.2, -0.15) is 0 Å². The molecule has 2 saturated heterocycles. The van der Waals surface area contributed by atoms with Crippen LogP contribution in [0.2, 0.25) is 0 Å². The summed E-state index contributed by atoms with van der Waals surface area (Å²) in [6.07, 6.45) is 3.60. The predicted molar refractivity (Wildman–Crippen MR) is 90.9 cm³/mol. The highest BCUT2D eigenvalue weighted by Gasteiger charge is 2.47. The highest BCUT2D eigenvalue weighted by molar-refractivity contribution is 7.12. The molecule has 2 aliphatic heterocycles. The summed E-state index contributed by atoms with van der Waals surface area (Å²) in [6, 6.07) is 9.70. The maximum Gasteiger partial charge on any atom is 0.264 e. The molecule has 0 aromatic carbocycles. The largest absolute Gasteiger partial charge is 0.373 e. The zero-order valence-corrected chi connectivity index (χ0v) is 14.2. The van der Waals surface area contributed by atoms with Crippen LogP contribution in [-0.2, 0) is 16.1 Å². The summed E-state index contributed by atoms with van der Waals surface area (Å²) in [5.74, 6) is 0.0921. The van der Waals surface area contributed by atoms with E-state index in [0.717, 1.165) is 30.0 Å². The Morgan fingerprint density at radius 2 is 2.33 bits per heavy atom. The van der Waals surface area contributed by atoms with E-state index in [1.54, 1.807) is 6.20 Å². The maximum atomic E-state index is 12.8. The normalized spacial score (nSPS) is 26.3. The lowest BCUT2D eigenvalue weighted by molar-refractivity contribution is -0.0814. The highest BCUT2D eigenvalue weighted by atomic mass is 32.1. The Kier molecular flexibility index (Phi) is 4.60. The van der Waals surface area contributed by atoms with Gasteiger partial charge in [-0.3, -0.25) is 9.78 Å². The Balaban J connectivity index is 1.48. The Labute approximate surface area is 145 Å². The standard InChI is InChI=1S/C18H20N2O3S/c21-18(16-7-4-10-24-16)20-11-15(17-14(20)6-3-9-22-17)23-12-13-5-1-2-8-19-13/h1-2,4-5,7-8,10,14-15,17H,3,6,9,11-12H2/t14-,15+,17+/m0/s1. The first-order valence-electron chi connectivity index (χ1n) is 8.30. The molecule has 2 aliphatic rings. The van der Waals surface area contributed by atoms with Gasteiger partial charge in [0.05, 0.1) is 29.8 Å². The summed E-state index contributed by atoms with van der Waals surface area (Å²) in [6.45, 7) is 1.77. The summed E-state index contributed by atoms with van der Waals surface area (Å²) >= 11 is 1.49. The number of carbonyl (C=O) groups is 1. The van der Waals surface area contributed by atoms with Crippen LogP contribution in [0.15, 0.2) is 41.9 Å². The molecule has 0 aliphatic carbocycles. The fraction of sp³-hybridized carbons (Fsp3) is 0.444. The van der Waals surface area contributed by atoms with Crippen molar-refractivity contribution < 1.29 is 14.3 Å². The van der Waals surface area contributed by atoms with Crippen molar-refractivity contribution in [2.75, 3.05) is 13.2 Å². The minimum Gasteiger partial charge on any atom is -0.373 e. The second-order valence-electron chi connectivity index (χ2n) is 6.15. The van der Waals surface area contributed by atoms with Gasteiger partial charge in [0, 0.05) is 12.8 Å². The number of rotatable bonds is 4. The Morgan fingerprint density at radius 1 is 1.38 bits per heavy atom. The highest BCUT2D eigenvalue weighted by Crippen LogP contribution is 2.32. The lowest BCUT2D eigenvalue weighted by atomic mass is 10.0. The van der Waals surface area contributed by atoms with Crippen LogP contribution in [0.4, 0.5) is 0 Å². The first kappa shape index (κ1) is 15.7. The molecule has 2 fully saturated rings. The monoisotopic (exact) mass is 344 g/mol. The van der Waals surface area contributed by atoms with Crippen LogP contribution in [0.25, 0.3) is 0 Å². The summed E-state index contributed by atoms with van der Waals surface area (Å²) in [5.41, 5.74) is 0.896. The van der Waals surface area contributed by atoms with Crippen molar-refractivity contribution in [3.63, 3.8) is 0 Å². The number of amides is 1. The van der Waals surface area contributed by atoms with Crippen molar-refractivity contribution in [3.05, 3.63) is 52.5 Å². The van der Waals surface area contributed by atoms with E-state index in [1.807, 2.05) is 40.6 Å². The van der Waals surface area contributed by atoms with E-state index in [2.05, 4.69) is 4.98 Å². The molecule has 6 heteroatoms. The molecule has 0 saturated carbocycles. The topological polar surface area (TPSA) is 51.7 Å². The van der Waals surface area contributed by atoms with E-state index < -0.39 is 0 Å². The van der Waals surface area contributed by atoms with Crippen LogP contribution in [0.5, 0.6) is 0 Å². The number of thiophene rings is 1. The van der Waals surface area contributed by atoms with Crippen molar-refractivity contribution in [1.82, 2.24) is 9.88 Å². The van der Waals surface area contributed by atoms with Crippen LogP contribution in [-0.4, -0.2) is 47.2 Å². The second kappa shape index (κ2) is 7.01. The van der Waals surface area contributed by atoms with Gasteiger partial charge in [0.25, 0.3) is 5.91 Å². The fourth-order valence-electron chi connectivity index (χ4n) is 3.51. The molecule has 0 radical (unpaired) electrons. The predicted octanol–water partition coefficient (Wildman–Crippen LogP) is 2.73. The van der Waals surface area contributed by atoms with Crippen molar-refractivity contribution in [1.29, 1.82) is 0 Å². The molecule has 1 amide bonds. The average Bonchev–Trinajstić information content (AvgIpc) is 3.29. The zero-order chi connectivity index (χ0) is 16.4. The molecule has 0 N–H and O–H groups in total. The molecule has 0 bridgehead atoms. The SMILES string of the molecule is O=C(c1cccs1)N1C[C@@H](OCc2ccccn2)[C@@H]2OCCC[C@@H]21. The number of carbonyl (C=O) groups excluding carboxylic acids is 1. The maximum absolute atomic E-state index is 12.8. The van der Waals surface area contributed by atoms with Gasteiger partial charge in [-0.25, -0.2) is 0 Å². The van der Waals surface area contributed by atoms with Gasteiger partial charge < -0.3 is 14.4 Å². The van der Waals surface area contributed by atoms with Crippen molar-refractivity contribution in [2.45, 2.75) is 37.7 Å². The minimum absolute atomic E-state index is 0.0358. The van der Waals surface area contributed by atoms with Gasteiger partial charge >= 0.3 is 0 Å². The van der Waals surface area contributed by atoms with E-state index in [1.165, 1.54) is 11.3 Å². The van der Waals surface area contributed by atoms with Crippen LogP contribution >= 0.6 is 11.3 Å². The van der Waals surface area contributed by atoms with Crippen molar-refractivity contribution in [3.8, 4) is 0 Å². The number of fused-ring (bicyclic) bond motifs is 1. The number of nitrogens with zero attached hydrogens (tertiary/aromatic N) is 2. The van der Waals surface area contributed by atoms with E-state index in [4.69, 9.17) is 9.47 Å². The third-order valence-electron chi connectivity index (χ3n) is 4.64. The van der Waals surface area contributed by atoms with Gasteiger partial charge in [0.15, 0.2) is 0 Å². The molecule has 4 rings (SSSR count). The number of pyridine rings is 1. The van der Waals surface area contributed by atoms with Gasteiger partial charge in [-0.05, 0) is 36.4 Å². The second-order valence-corrected chi connectivity index (χ2v) is 7.10. The van der Waals surface area contributed by atoms with Gasteiger partial charge in [0.2, 0.25) is 0 Å². The molecule has 0 spiro atoms. The lowest BCUT2D eigenvalue weighted by Gasteiger charge is -2.32. The van der Waals surface area contributed by atoms with Gasteiger partial charge in [-0.15, -0.1) is 11.3 Å². The quantitative estimate of drug-likeness (QED) is 0.856. The molecule has 3 atom stereocenters. The van der Waals surface area contributed by atoms with E-state index in [0.29, 0.717) is 13.2 Å². The van der Waals surface area contributed by atoms with Crippen molar-refractivity contribution >= 4 is 17.2 Å². The molecular formula is C18H20N2O3S. The van der Waals surface area contributed by atoms with Crippen LogP contribution < -0.4 is 0 Å². The first-order valence-corrected chi connectivity index (χ1v) is 9.18. The molecule has 2 aromatic heterocycles. The molecule has 126 valence electrons. The van der Waals surface area contributed by atoms with Crippen LogP contribution in [0.3, 0.4) is 0 Å². The summed E-state index contributed by atoms with van der Waals surface area (Å²) in [4.78, 5) is 19.8. The number of ether oxygens (including phenoxy) is 2. The van der Waals surface area contributed by atoms with Gasteiger partial charge in [0.1, 0.15) is 12.2 Å². The summed E-state index contributed by atoms with van der Waals surface area (Å²) < 4.78 is 12.0. The average molecular weight is 344 g/mol.